The van der Waals surface area contributed by atoms with Crippen molar-refractivity contribution in [3.05, 3.63) is 59.2 Å². The number of fused-ring (bicyclic) bond motifs is 1. The van der Waals surface area contributed by atoms with Gasteiger partial charge in [0.15, 0.2) is 11.5 Å². The molecule has 1 heterocycles. The first-order chi connectivity index (χ1) is 12.6. The van der Waals surface area contributed by atoms with Crippen LogP contribution in [0.4, 0.5) is 0 Å². The van der Waals surface area contributed by atoms with E-state index in [0.717, 1.165) is 18.4 Å². The fraction of sp³-hybridized carbons (Fsp3) is 0.300. The van der Waals surface area contributed by atoms with E-state index in [0.29, 0.717) is 35.2 Å². The highest BCUT2D eigenvalue weighted by molar-refractivity contribution is 5.95. The van der Waals surface area contributed by atoms with Gasteiger partial charge in [-0.1, -0.05) is 12.1 Å². The van der Waals surface area contributed by atoms with Crippen molar-refractivity contribution in [3.8, 4) is 11.5 Å². The normalized spacial score (nSPS) is 14.8. The Morgan fingerprint density at radius 2 is 1.73 bits per heavy atom. The molecule has 1 aliphatic carbocycles. The highest BCUT2D eigenvalue weighted by Gasteiger charge is 2.23. The Morgan fingerprint density at radius 1 is 1.04 bits per heavy atom. The lowest BCUT2D eigenvalue weighted by molar-refractivity contribution is 0.0784. The molecule has 2 amide bonds. The van der Waals surface area contributed by atoms with Crippen LogP contribution in [-0.2, 0) is 6.54 Å². The van der Waals surface area contributed by atoms with Crippen LogP contribution < -0.4 is 14.8 Å². The van der Waals surface area contributed by atoms with E-state index in [1.807, 2.05) is 12.1 Å². The van der Waals surface area contributed by atoms with E-state index in [1.54, 1.807) is 42.3 Å². The predicted molar refractivity (Wildman–Crippen MR) is 95.3 cm³/mol. The third-order valence-electron chi connectivity index (χ3n) is 4.51. The van der Waals surface area contributed by atoms with E-state index in [-0.39, 0.29) is 18.6 Å². The molecule has 0 radical (unpaired) electrons. The van der Waals surface area contributed by atoms with E-state index < -0.39 is 0 Å². The van der Waals surface area contributed by atoms with Crippen molar-refractivity contribution >= 4 is 11.8 Å². The third-order valence-corrected chi connectivity index (χ3v) is 4.51. The quantitative estimate of drug-likeness (QED) is 0.898. The van der Waals surface area contributed by atoms with Gasteiger partial charge < -0.3 is 19.7 Å². The average Bonchev–Trinajstić information content (AvgIpc) is 3.34. The molecular formula is C20H20N2O4. The highest BCUT2D eigenvalue weighted by atomic mass is 16.7. The molecule has 0 aromatic heterocycles. The first-order valence-electron chi connectivity index (χ1n) is 8.65. The van der Waals surface area contributed by atoms with Crippen molar-refractivity contribution < 1.29 is 19.1 Å². The molecule has 2 aliphatic rings. The van der Waals surface area contributed by atoms with E-state index in [4.69, 9.17) is 9.47 Å². The lowest BCUT2D eigenvalue weighted by Gasteiger charge is -2.18. The summed E-state index contributed by atoms with van der Waals surface area (Å²) in [6.07, 6.45) is 2.13. The number of rotatable bonds is 5. The zero-order chi connectivity index (χ0) is 18.1. The molecule has 0 saturated heterocycles. The zero-order valence-electron chi connectivity index (χ0n) is 14.5. The van der Waals surface area contributed by atoms with Crippen LogP contribution in [0.2, 0.25) is 0 Å². The van der Waals surface area contributed by atoms with E-state index >= 15 is 0 Å². The van der Waals surface area contributed by atoms with Crippen LogP contribution in [0.25, 0.3) is 0 Å². The second kappa shape index (κ2) is 6.71. The minimum atomic E-state index is -0.0983. The van der Waals surface area contributed by atoms with Crippen molar-refractivity contribution in [2.45, 2.75) is 25.4 Å². The number of carbonyl (C=O) groups excluding carboxylic acids is 2. The minimum Gasteiger partial charge on any atom is -0.454 e. The molecule has 0 atom stereocenters. The number of hydrogen-bond donors (Lipinski definition) is 1. The molecule has 1 aliphatic heterocycles. The smallest absolute Gasteiger partial charge is 0.254 e. The van der Waals surface area contributed by atoms with Gasteiger partial charge in [-0.05, 0) is 48.7 Å². The first-order valence-corrected chi connectivity index (χ1v) is 8.65. The summed E-state index contributed by atoms with van der Waals surface area (Å²) < 4.78 is 10.6. The fourth-order valence-corrected chi connectivity index (χ4v) is 2.85. The lowest BCUT2D eigenvalue weighted by atomic mass is 10.1. The molecule has 0 unspecified atom stereocenters. The third kappa shape index (κ3) is 3.49. The molecule has 6 nitrogen and oxygen atoms in total. The van der Waals surface area contributed by atoms with Crippen molar-refractivity contribution in [2.24, 2.45) is 0 Å². The van der Waals surface area contributed by atoms with Gasteiger partial charge in [0.05, 0.1) is 0 Å². The van der Waals surface area contributed by atoms with Crippen LogP contribution in [0.1, 0.15) is 39.1 Å². The second-order valence-electron chi connectivity index (χ2n) is 6.67. The summed E-state index contributed by atoms with van der Waals surface area (Å²) in [5.41, 5.74) is 2.16. The van der Waals surface area contributed by atoms with Crippen molar-refractivity contribution in [1.82, 2.24) is 10.2 Å². The van der Waals surface area contributed by atoms with Gasteiger partial charge >= 0.3 is 0 Å². The molecule has 1 fully saturated rings. The number of nitrogens with zero attached hydrogens (tertiary/aromatic N) is 1. The summed E-state index contributed by atoms with van der Waals surface area (Å²) in [7, 11) is 1.75. The Labute approximate surface area is 151 Å². The van der Waals surface area contributed by atoms with Crippen LogP contribution in [0.5, 0.6) is 11.5 Å². The standard InChI is InChI=1S/C20H20N2O4/c1-22(20(24)15-6-9-17-18(10-15)26-12-25-17)11-13-2-4-14(5-3-13)19(23)21-16-7-8-16/h2-6,9-10,16H,7-8,11-12H2,1H3,(H,21,23). The average molecular weight is 352 g/mol. The van der Waals surface area contributed by atoms with Gasteiger partial charge in [-0.3, -0.25) is 9.59 Å². The monoisotopic (exact) mass is 352 g/mol. The predicted octanol–water partition coefficient (Wildman–Crippen LogP) is 2.58. The molecule has 6 heteroatoms. The van der Waals surface area contributed by atoms with Crippen LogP contribution in [0.3, 0.4) is 0 Å². The van der Waals surface area contributed by atoms with Gasteiger partial charge in [-0.15, -0.1) is 0 Å². The summed E-state index contributed by atoms with van der Waals surface area (Å²) in [5, 5.41) is 2.97. The fourth-order valence-electron chi connectivity index (χ4n) is 2.85. The maximum Gasteiger partial charge on any atom is 0.254 e. The molecule has 1 saturated carbocycles. The SMILES string of the molecule is CN(Cc1ccc(C(=O)NC2CC2)cc1)C(=O)c1ccc2c(c1)OCO2. The van der Waals surface area contributed by atoms with Crippen LogP contribution in [0, 0.1) is 0 Å². The lowest BCUT2D eigenvalue weighted by Crippen LogP contribution is -2.26. The minimum absolute atomic E-state index is 0.0381. The van der Waals surface area contributed by atoms with E-state index in [1.165, 1.54) is 0 Å². The number of nitrogens with one attached hydrogen (secondary N) is 1. The number of amides is 2. The van der Waals surface area contributed by atoms with E-state index in [9.17, 15) is 9.59 Å². The Kier molecular flexibility index (Phi) is 4.24. The topological polar surface area (TPSA) is 67.9 Å². The molecular weight excluding hydrogens is 332 g/mol. The highest BCUT2D eigenvalue weighted by Crippen LogP contribution is 2.32. The zero-order valence-corrected chi connectivity index (χ0v) is 14.5. The molecule has 26 heavy (non-hydrogen) atoms. The first kappa shape index (κ1) is 16.4. The molecule has 134 valence electrons. The summed E-state index contributed by atoms with van der Waals surface area (Å²) >= 11 is 0. The maximum atomic E-state index is 12.6. The number of hydrogen-bond acceptors (Lipinski definition) is 4. The summed E-state index contributed by atoms with van der Waals surface area (Å²) in [4.78, 5) is 26.3. The van der Waals surface area contributed by atoms with Gasteiger partial charge in [0.25, 0.3) is 11.8 Å². The Morgan fingerprint density at radius 3 is 2.46 bits per heavy atom. The molecule has 2 aromatic rings. The van der Waals surface area contributed by atoms with Crippen molar-refractivity contribution in [3.63, 3.8) is 0 Å². The van der Waals surface area contributed by atoms with Crippen LogP contribution in [-0.4, -0.2) is 36.6 Å². The second-order valence-corrected chi connectivity index (χ2v) is 6.67. The van der Waals surface area contributed by atoms with Gasteiger partial charge in [0.1, 0.15) is 0 Å². The summed E-state index contributed by atoms with van der Waals surface area (Å²) in [6, 6.07) is 12.9. The number of ether oxygens (including phenoxy) is 2. The molecule has 0 bridgehead atoms. The van der Waals surface area contributed by atoms with Gasteiger partial charge in [0.2, 0.25) is 6.79 Å². The molecule has 0 spiro atoms. The molecule has 4 rings (SSSR count). The van der Waals surface area contributed by atoms with Crippen molar-refractivity contribution in [1.29, 1.82) is 0 Å². The molecule has 2 aromatic carbocycles. The molecule has 1 N–H and O–H groups in total. The summed E-state index contributed by atoms with van der Waals surface area (Å²) in [6.45, 7) is 0.640. The number of carbonyl (C=O) groups is 2. The van der Waals surface area contributed by atoms with Crippen LogP contribution >= 0.6 is 0 Å². The maximum absolute atomic E-state index is 12.6. The Bertz CT molecular complexity index is 843. The largest absolute Gasteiger partial charge is 0.454 e. The van der Waals surface area contributed by atoms with Gasteiger partial charge in [-0.25, -0.2) is 0 Å². The van der Waals surface area contributed by atoms with Crippen molar-refractivity contribution in [2.75, 3.05) is 13.8 Å². The van der Waals surface area contributed by atoms with Crippen LogP contribution in [0.15, 0.2) is 42.5 Å². The Hall–Kier alpha value is -3.02. The number of benzene rings is 2. The van der Waals surface area contributed by atoms with Gasteiger partial charge in [0, 0.05) is 30.8 Å². The summed E-state index contributed by atoms with van der Waals surface area (Å²) in [5.74, 6) is 1.11. The van der Waals surface area contributed by atoms with Gasteiger partial charge in [-0.2, -0.15) is 0 Å². The van der Waals surface area contributed by atoms with E-state index in [2.05, 4.69) is 5.32 Å². The Balaban J connectivity index is 1.39.